The summed E-state index contributed by atoms with van der Waals surface area (Å²) in [6.45, 7) is 1.34. The SMILES string of the molecule is CC(=O)c1cc(Br)ccc1NCC(=O)Nc1ccccc1C(=O)O. The quantitative estimate of drug-likeness (QED) is 0.656. The molecular formula is C17H15BrN2O4. The number of para-hydroxylation sites is 1. The minimum Gasteiger partial charge on any atom is -0.478 e. The molecule has 0 bridgehead atoms. The highest BCUT2D eigenvalue weighted by atomic mass is 79.9. The molecule has 0 fully saturated rings. The van der Waals surface area contributed by atoms with E-state index in [1.807, 2.05) is 0 Å². The van der Waals surface area contributed by atoms with Crippen LogP contribution >= 0.6 is 15.9 Å². The Bertz CT molecular complexity index is 805. The lowest BCUT2D eigenvalue weighted by Gasteiger charge is -2.12. The molecule has 0 unspecified atom stereocenters. The number of aromatic carboxylic acids is 1. The molecule has 0 atom stereocenters. The molecule has 0 aliphatic heterocycles. The van der Waals surface area contributed by atoms with Crippen LogP contribution in [0.25, 0.3) is 0 Å². The second-order valence-corrected chi connectivity index (χ2v) is 5.91. The van der Waals surface area contributed by atoms with Crippen LogP contribution in [0.2, 0.25) is 0 Å². The lowest BCUT2D eigenvalue weighted by molar-refractivity contribution is -0.114. The van der Waals surface area contributed by atoms with Crippen molar-refractivity contribution in [1.82, 2.24) is 0 Å². The van der Waals surface area contributed by atoms with Gasteiger partial charge in [-0.1, -0.05) is 28.1 Å². The highest BCUT2D eigenvalue weighted by molar-refractivity contribution is 9.10. The maximum Gasteiger partial charge on any atom is 0.337 e. The number of carbonyl (C=O) groups is 3. The molecule has 0 radical (unpaired) electrons. The van der Waals surface area contributed by atoms with E-state index in [9.17, 15) is 14.4 Å². The van der Waals surface area contributed by atoms with Gasteiger partial charge in [0, 0.05) is 15.7 Å². The van der Waals surface area contributed by atoms with Gasteiger partial charge in [0.1, 0.15) is 0 Å². The van der Waals surface area contributed by atoms with Crippen LogP contribution in [0.3, 0.4) is 0 Å². The second kappa shape index (κ2) is 7.74. The molecule has 0 aliphatic rings. The summed E-state index contributed by atoms with van der Waals surface area (Å²) in [5.41, 5.74) is 1.23. The average molecular weight is 391 g/mol. The summed E-state index contributed by atoms with van der Waals surface area (Å²) >= 11 is 3.30. The van der Waals surface area contributed by atoms with Crippen LogP contribution in [0, 0.1) is 0 Å². The monoisotopic (exact) mass is 390 g/mol. The normalized spacial score (nSPS) is 10.1. The van der Waals surface area contributed by atoms with Gasteiger partial charge in [-0.15, -0.1) is 0 Å². The van der Waals surface area contributed by atoms with E-state index in [2.05, 4.69) is 26.6 Å². The van der Waals surface area contributed by atoms with Gasteiger partial charge >= 0.3 is 5.97 Å². The summed E-state index contributed by atoms with van der Waals surface area (Å²) in [4.78, 5) is 34.8. The summed E-state index contributed by atoms with van der Waals surface area (Å²) in [6.07, 6.45) is 0. The summed E-state index contributed by atoms with van der Waals surface area (Å²) in [5.74, 6) is -1.66. The maximum absolute atomic E-state index is 12.0. The smallest absolute Gasteiger partial charge is 0.337 e. The Labute approximate surface area is 147 Å². The number of anilines is 2. The van der Waals surface area contributed by atoms with E-state index in [1.54, 1.807) is 30.3 Å². The standard InChI is InChI=1S/C17H15BrN2O4/c1-10(21)13-8-11(18)6-7-14(13)19-9-16(22)20-15-5-3-2-4-12(15)17(23)24/h2-8,19H,9H2,1H3,(H,20,22)(H,23,24). The number of amides is 1. The number of hydrogen-bond acceptors (Lipinski definition) is 4. The first kappa shape index (κ1) is 17.7. The van der Waals surface area contributed by atoms with Crippen molar-refractivity contribution in [1.29, 1.82) is 0 Å². The molecule has 2 aromatic rings. The Kier molecular flexibility index (Phi) is 5.70. The third-order valence-electron chi connectivity index (χ3n) is 3.23. The van der Waals surface area contributed by atoms with Gasteiger partial charge in [-0.3, -0.25) is 9.59 Å². The van der Waals surface area contributed by atoms with Crippen molar-refractivity contribution >= 4 is 45.0 Å². The fourth-order valence-electron chi connectivity index (χ4n) is 2.11. The van der Waals surface area contributed by atoms with E-state index >= 15 is 0 Å². The number of nitrogens with one attached hydrogen (secondary N) is 2. The van der Waals surface area contributed by atoms with Crippen molar-refractivity contribution in [2.75, 3.05) is 17.2 Å². The van der Waals surface area contributed by atoms with Crippen molar-refractivity contribution in [2.45, 2.75) is 6.92 Å². The number of carbonyl (C=O) groups excluding carboxylic acids is 2. The van der Waals surface area contributed by atoms with E-state index in [-0.39, 0.29) is 23.6 Å². The molecule has 0 aromatic heterocycles. The van der Waals surface area contributed by atoms with Crippen molar-refractivity contribution in [2.24, 2.45) is 0 Å². The first-order chi connectivity index (χ1) is 11.4. The van der Waals surface area contributed by atoms with E-state index in [4.69, 9.17) is 5.11 Å². The molecule has 24 heavy (non-hydrogen) atoms. The molecule has 2 aromatic carbocycles. The highest BCUT2D eigenvalue weighted by Gasteiger charge is 2.13. The van der Waals surface area contributed by atoms with Gasteiger partial charge in [0.25, 0.3) is 0 Å². The van der Waals surface area contributed by atoms with Crippen LogP contribution < -0.4 is 10.6 Å². The fraction of sp³-hybridized carbons (Fsp3) is 0.118. The largest absolute Gasteiger partial charge is 0.478 e. The van der Waals surface area contributed by atoms with Gasteiger partial charge in [0.2, 0.25) is 5.91 Å². The van der Waals surface area contributed by atoms with Gasteiger partial charge in [-0.05, 0) is 37.3 Å². The molecular weight excluding hydrogens is 376 g/mol. The minimum absolute atomic E-state index is 0.0129. The molecule has 3 N–H and O–H groups in total. The number of carboxylic acids is 1. The minimum atomic E-state index is -1.12. The molecule has 0 saturated heterocycles. The van der Waals surface area contributed by atoms with Crippen molar-refractivity contribution in [3.63, 3.8) is 0 Å². The Balaban J connectivity index is 2.07. The molecule has 6 nitrogen and oxygen atoms in total. The molecule has 0 spiro atoms. The highest BCUT2D eigenvalue weighted by Crippen LogP contribution is 2.21. The van der Waals surface area contributed by atoms with Gasteiger partial charge < -0.3 is 15.7 Å². The molecule has 2 rings (SSSR count). The zero-order valence-electron chi connectivity index (χ0n) is 12.8. The van der Waals surface area contributed by atoms with Gasteiger partial charge in [0.05, 0.1) is 17.8 Å². The predicted molar refractivity (Wildman–Crippen MR) is 94.7 cm³/mol. The molecule has 1 amide bonds. The van der Waals surface area contributed by atoms with Gasteiger partial charge in [0.15, 0.2) is 5.78 Å². The lowest BCUT2D eigenvalue weighted by Crippen LogP contribution is -2.23. The van der Waals surface area contributed by atoms with Gasteiger partial charge in [-0.2, -0.15) is 0 Å². The average Bonchev–Trinajstić information content (AvgIpc) is 2.53. The molecule has 0 saturated carbocycles. The number of hydrogen-bond donors (Lipinski definition) is 3. The van der Waals surface area contributed by atoms with E-state index < -0.39 is 11.9 Å². The zero-order valence-corrected chi connectivity index (χ0v) is 14.4. The van der Waals surface area contributed by atoms with Crippen molar-refractivity contribution < 1.29 is 19.5 Å². The number of carboxylic acid groups (broad SMARTS) is 1. The maximum atomic E-state index is 12.0. The van der Waals surface area contributed by atoms with Crippen LogP contribution in [0.15, 0.2) is 46.9 Å². The van der Waals surface area contributed by atoms with Gasteiger partial charge in [-0.25, -0.2) is 4.79 Å². The number of ketones is 1. The van der Waals surface area contributed by atoms with Crippen LogP contribution in [0.5, 0.6) is 0 Å². The first-order valence-corrected chi connectivity index (χ1v) is 7.84. The first-order valence-electron chi connectivity index (χ1n) is 7.05. The molecule has 124 valence electrons. The van der Waals surface area contributed by atoms with E-state index in [0.717, 1.165) is 4.47 Å². The number of rotatable bonds is 6. The van der Waals surface area contributed by atoms with Crippen LogP contribution in [0.4, 0.5) is 11.4 Å². The topological polar surface area (TPSA) is 95.5 Å². The summed E-state index contributed by atoms with van der Waals surface area (Å²) in [5, 5.41) is 14.5. The van der Waals surface area contributed by atoms with Crippen molar-refractivity contribution in [3.8, 4) is 0 Å². The Morgan fingerprint density at radius 3 is 2.42 bits per heavy atom. The Morgan fingerprint density at radius 2 is 1.75 bits per heavy atom. The predicted octanol–water partition coefficient (Wildman–Crippen LogP) is 3.40. The third-order valence-corrected chi connectivity index (χ3v) is 3.73. The Hall–Kier alpha value is -2.67. The van der Waals surface area contributed by atoms with Crippen LogP contribution in [-0.4, -0.2) is 29.3 Å². The lowest BCUT2D eigenvalue weighted by atomic mass is 10.1. The number of benzene rings is 2. The summed E-state index contributed by atoms with van der Waals surface area (Å²) < 4.78 is 0.762. The van der Waals surface area contributed by atoms with Crippen molar-refractivity contribution in [3.05, 3.63) is 58.1 Å². The summed E-state index contributed by atoms with van der Waals surface area (Å²) in [7, 11) is 0. The van der Waals surface area contributed by atoms with Crippen LogP contribution in [-0.2, 0) is 4.79 Å². The third kappa shape index (κ3) is 4.42. The molecule has 7 heteroatoms. The number of Topliss-reactive ketones (excluding diaryl/α,β-unsaturated/α-hetero) is 1. The summed E-state index contributed by atoms with van der Waals surface area (Å²) in [6, 6.07) is 11.3. The second-order valence-electron chi connectivity index (χ2n) is 5.00. The molecule has 0 aliphatic carbocycles. The van der Waals surface area contributed by atoms with Crippen LogP contribution in [0.1, 0.15) is 27.6 Å². The van der Waals surface area contributed by atoms with E-state index in [1.165, 1.54) is 19.1 Å². The zero-order chi connectivity index (χ0) is 17.7. The number of halogens is 1. The fourth-order valence-corrected chi connectivity index (χ4v) is 2.47. The molecule has 0 heterocycles. The Morgan fingerprint density at radius 1 is 1.04 bits per heavy atom. The van der Waals surface area contributed by atoms with E-state index in [0.29, 0.717) is 11.3 Å².